The third kappa shape index (κ3) is 3.40. The molecule has 0 unspecified atom stereocenters. The molecule has 94 valence electrons. The van der Waals surface area contributed by atoms with Gasteiger partial charge >= 0.3 is 0 Å². The Morgan fingerprint density at radius 2 is 2.06 bits per heavy atom. The molecule has 0 saturated carbocycles. The van der Waals surface area contributed by atoms with Crippen molar-refractivity contribution in [3.63, 3.8) is 0 Å². The summed E-state index contributed by atoms with van der Waals surface area (Å²) in [5, 5.41) is 5.84. The van der Waals surface area contributed by atoms with Gasteiger partial charge in [0.1, 0.15) is 5.01 Å². The molecular weight excluding hydrogens is 244 g/mol. The Hall–Kier alpha value is -1.68. The third-order valence-electron chi connectivity index (χ3n) is 2.44. The zero-order valence-corrected chi connectivity index (χ0v) is 11.3. The quantitative estimate of drug-likeness (QED) is 0.908. The zero-order chi connectivity index (χ0) is 13.0. The summed E-state index contributed by atoms with van der Waals surface area (Å²) in [5.41, 5.74) is 1.91. The smallest absolute Gasteiger partial charge is 0.224 e. The van der Waals surface area contributed by atoms with Crippen LogP contribution in [0.3, 0.4) is 0 Å². The average molecular weight is 260 g/mol. The van der Waals surface area contributed by atoms with E-state index in [-0.39, 0.29) is 5.91 Å². The van der Waals surface area contributed by atoms with Gasteiger partial charge in [-0.1, -0.05) is 13.8 Å². The molecule has 0 fully saturated rings. The minimum absolute atomic E-state index is 0.0620. The fraction of sp³-hybridized carbons (Fsp3) is 0.286. The monoisotopic (exact) mass is 260 g/mol. The first-order chi connectivity index (χ1) is 8.65. The topological polar surface area (TPSA) is 42.0 Å². The van der Waals surface area contributed by atoms with Crippen LogP contribution < -0.4 is 5.32 Å². The number of benzene rings is 1. The lowest BCUT2D eigenvalue weighted by atomic mass is 10.1. The molecule has 0 aliphatic carbocycles. The molecule has 0 bridgehead atoms. The van der Waals surface area contributed by atoms with Gasteiger partial charge in [0, 0.05) is 29.2 Å². The number of thiazole rings is 1. The number of rotatable bonds is 4. The van der Waals surface area contributed by atoms with Crippen LogP contribution in [-0.4, -0.2) is 10.9 Å². The highest BCUT2D eigenvalue weighted by Gasteiger charge is 2.05. The predicted molar refractivity (Wildman–Crippen MR) is 75.6 cm³/mol. The van der Waals surface area contributed by atoms with E-state index in [9.17, 15) is 4.79 Å². The van der Waals surface area contributed by atoms with E-state index in [1.165, 1.54) is 0 Å². The minimum Gasteiger partial charge on any atom is -0.326 e. The van der Waals surface area contributed by atoms with E-state index in [1.54, 1.807) is 17.5 Å². The van der Waals surface area contributed by atoms with E-state index in [4.69, 9.17) is 0 Å². The summed E-state index contributed by atoms with van der Waals surface area (Å²) in [7, 11) is 0. The molecule has 0 aliphatic heterocycles. The molecule has 1 heterocycles. The van der Waals surface area contributed by atoms with Gasteiger partial charge in [0.25, 0.3) is 0 Å². The zero-order valence-electron chi connectivity index (χ0n) is 10.5. The Bertz CT molecular complexity index is 503. The highest BCUT2D eigenvalue weighted by atomic mass is 32.1. The van der Waals surface area contributed by atoms with Crippen molar-refractivity contribution >= 4 is 22.9 Å². The van der Waals surface area contributed by atoms with Crippen molar-refractivity contribution in [2.45, 2.75) is 20.3 Å². The third-order valence-corrected chi connectivity index (χ3v) is 3.26. The maximum Gasteiger partial charge on any atom is 0.224 e. The number of hydrogen-bond acceptors (Lipinski definition) is 3. The fourth-order valence-electron chi connectivity index (χ4n) is 1.64. The Morgan fingerprint density at radius 1 is 1.33 bits per heavy atom. The van der Waals surface area contributed by atoms with Gasteiger partial charge in [-0.25, -0.2) is 4.98 Å². The molecule has 0 atom stereocenters. The molecule has 18 heavy (non-hydrogen) atoms. The van der Waals surface area contributed by atoms with Gasteiger partial charge in [-0.15, -0.1) is 11.3 Å². The van der Waals surface area contributed by atoms with Crippen LogP contribution in [0.15, 0.2) is 35.8 Å². The number of amides is 1. The Kier molecular flexibility index (Phi) is 4.10. The van der Waals surface area contributed by atoms with Crippen LogP contribution in [0, 0.1) is 5.92 Å². The van der Waals surface area contributed by atoms with E-state index >= 15 is 0 Å². The summed E-state index contributed by atoms with van der Waals surface area (Å²) in [6.07, 6.45) is 2.34. The Balaban J connectivity index is 2.02. The first-order valence-corrected chi connectivity index (χ1v) is 6.83. The van der Waals surface area contributed by atoms with Gasteiger partial charge in [0.2, 0.25) is 5.91 Å². The largest absolute Gasteiger partial charge is 0.326 e. The number of carbonyl (C=O) groups is 1. The van der Waals surface area contributed by atoms with Gasteiger partial charge in [-0.3, -0.25) is 4.79 Å². The van der Waals surface area contributed by atoms with E-state index in [1.807, 2.05) is 43.5 Å². The highest BCUT2D eigenvalue weighted by molar-refractivity contribution is 7.13. The van der Waals surface area contributed by atoms with E-state index in [2.05, 4.69) is 10.3 Å². The number of aromatic nitrogens is 1. The van der Waals surface area contributed by atoms with Crippen molar-refractivity contribution in [1.82, 2.24) is 4.98 Å². The van der Waals surface area contributed by atoms with Gasteiger partial charge in [0.05, 0.1) is 0 Å². The molecule has 2 rings (SSSR count). The molecule has 1 aromatic heterocycles. The van der Waals surface area contributed by atoms with Crippen LogP contribution in [0.5, 0.6) is 0 Å². The molecule has 4 heteroatoms. The summed E-state index contributed by atoms with van der Waals surface area (Å²) < 4.78 is 0. The van der Waals surface area contributed by atoms with Gasteiger partial charge in [0.15, 0.2) is 0 Å². The number of anilines is 1. The standard InChI is InChI=1S/C14H16N2OS/c1-10(2)9-13(17)16-12-5-3-11(4-6-12)14-15-7-8-18-14/h3-8,10H,9H2,1-2H3,(H,16,17). The highest BCUT2D eigenvalue weighted by Crippen LogP contribution is 2.23. The Morgan fingerprint density at radius 3 is 2.61 bits per heavy atom. The first-order valence-electron chi connectivity index (χ1n) is 5.95. The van der Waals surface area contributed by atoms with Crippen LogP contribution in [-0.2, 0) is 4.79 Å². The van der Waals surface area contributed by atoms with Crippen LogP contribution >= 0.6 is 11.3 Å². The molecule has 0 saturated heterocycles. The molecule has 3 nitrogen and oxygen atoms in total. The van der Waals surface area contributed by atoms with Crippen molar-refractivity contribution in [3.05, 3.63) is 35.8 Å². The summed E-state index contributed by atoms with van der Waals surface area (Å²) in [4.78, 5) is 15.9. The number of hydrogen-bond donors (Lipinski definition) is 1. The van der Waals surface area contributed by atoms with Crippen LogP contribution in [0.1, 0.15) is 20.3 Å². The number of nitrogens with one attached hydrogen (secondary N) is 1. The van der Waals surface area contributed by atoms with Crippen molar-refractivity contribution in [2.24, 2.45) is 5.92 Å². The van der Waals surface area contributed by atoms with Crippen molar-refractivity contribution < 1.29 is 4.79 Å². The molecule has 1 amide bonds. The lowest BCUT2D eigenvalue weighted by molar-refractivity contribution is -0.116. The predicted octanol–water partition coefficient (Wildman–Crippen LogP) is 3.79. The van der Waals surface area contributed by atoms with Crippen molar-refractivity contribution in [3.8, 4) is 10.6 Å². The minimum atomic E-state index is 0.0620. The second-order valence-corrected chi connectivity index (χ2v) is 5.46. The van der Waals surface area contributed by atoms with E-state index in [0.29, 0.717) is 12.3 Å². The summed E-state index contributed by atoms with van der Waals surface area (Å²) in [5.74, 6) is 0.437. The lowest BCUT2D eigenvalue weighted by Gasteiger charge is -2.07. The normalized spacial score (nSPS) is 10.6. The van der Waals surface area contributed by atoms with Gasteiger partial charge in [-0.05, 0) is 30.2 Å². The molecule has 0 spiro atoms. The second-order valence-electron chi connectivity index (χ2n) is 4.56. The molecule has 2 aromatic rings. The van der Waals surface area contributed by atoms with Crippen LogP contribution in [0.25, 0.3) is 10.6 Å². The van der Waals surface area contributed by atoms with Gasteiger partial charge < -0.3 is 5.32 Å². The fourth-order valence-corrected chi connectivity index (χ4v) is 2.29. The van der Waals surface area contributed by atoms with Crippen LogP contribution in [0.2, 0.25) is 0 Å². The molecule has 0 aliphatic rings. The summed E-state index contributed by atoms with van der Waals surface area (Å²) >= 11 is 1.61. The maximum atomic E-state index is 11.6. The molecule has 1 N–H and O–H groups in total. The van der Waals surface area contributed by atoms with Gasteiger partial charge in [-0.2, -0.15) is 0 Å². The SMILES string of the molecule is CC(C)CC(=O)Nc1ccc(-c2nccs2)cc1. The molecular formula is C14H16N2OS. The van der Waals surface area contributed by atoms with E-state index < -0.39 is 0 Å². The van der Waals surface area contributed by atoms with Crippen molar-refractivity contribution in [2.75, 3.05) is 5.32 Å². The van der Waals surface area contributed by atoms with Crippen molar-refractivity contribution in [1.29, 1.82) is 0 Å². The first kappa shape index (κ1) is 12.8. The van der Waals surface area contributed by atoms with E-state index in [0.717, 1.165) is 16.3 Å². The average Bonchev–Trinajstić information content (AvgIpc) is 2.82. The summed E-state index contributed by atoms with van der Waals surface area (Å²) in [6.45, 7) is 4.07. The lowest BCUT2D eigenvalue weighted by Crippen LogP contribution is -2.13. The second kappa shape index (κ2) is 5.78. The van der Waals surface area contributed by atoms with Crippen LogP contribution in [0.4, 0.5) is 5.69 Å². The Labute approximate surface area is 111 Å². The number of carbonyl (C=O) groups excluding carboxylic acids is 1. The summed E-state index contributed by atoms with van der Waals surface area (Å²) in [6, 6.07) is 7.78. The maximum absolute atomic E-state index is 11.6. The molecule has 1 aromatic carbocycles. The number of nitrogens with zero attached hydrogens (tertiary/aromatic N) is 1. The molecule has 0 radical (unpaired) electrons.